The van der Waals surface area contributed by atoms with Crippen LogP contribution in [0.2, 0.25) is 0 Å². The van der Waals surface area contributed by atoms with Gasteiger partial charge in [0, 0.05) is 5.97 Å². The Morgan fingerprint density at radius 3 is 1.57 bits per heavy atom. The predicted octanol–water partition coefficient (Wildman–Crippen LogP) is -4.74. The Labute approximate surface area is 84.0 Å². The van der Waals surface area contributed by atoms with Crippen LogP contribution in [0.1, 0.15) is 6.92 Å². The molecule has 0 unspecified atom stereocenters. The predicted molar refractivity (Wildman–Crippen MR) is 17.1 cm³/mol. The summed E-state index contributed by atoms with van der Waals surface area (Å²) >= 11 is 0. The quantitative estimate of drug-likeness (QED) is 0.303. The summed E-state index contributed by atoms with van der Waals surface area (Å²) in [6.07, 6.45) is 0. The summed E-state index contributed by atoms with van der Waals surface area (Å²) in [5.41, 5.74) is 0. The minimum Gasteiger partial charge on any atom is -2.00 e. The summed E-state index contributed by atoms with van der Waals surface area (Å²) in [4.78, 5) is 8.89. The second kappa shape index (κ2) is 15.7. The van der Waals surface area contributed by atoms with Crippen molar-refractivity contribution < 1.29 is 34.2 Å². The molecule has 5 heteroatoms. The number of hydrogen-bond donors (Lipinski definition) is 0. The Kier molecular flexibility index (Phi) is 53.6. The van der Waals surface area contributed by atoms with Crippen LogP contribution in [0.15, 0.2) is 0 Å². The SMILES string of the molecule is CC(=O)[O-].[Ca+2].[Li+].[O-2]. The van der Waals surface area contributed by atoms with Gasteiger partial charge in [0.15, 0.2) is 0 Å². The average Bonchev–Trinajstić information content (AvgIpc) is 0.811. The molecule has 0 radical (unpaired) electrons. The van der Waals surface area contributed by atoms with Crippen molar-refractivity contribution >= 4 is 43.7 Å². The molecule has 0 rings (SSSR count). The van der Waals surface area contributed by atoms with Crippen LogP contribution in [0.4, 0.5) is 0 Å². The fraction of sp³-hybridized carbons (Fsp3) is 0.500. The standard InChI is InChI=1S/C2H4O2.Ca.Li.O/c1-2(3)4;;;/h1H3,(H,3,4);;;/q;+2;+1;-2/p-1. The molecule has 3 nitrogen and oxygen atoms in total. The first-order chi connectivity index (χ1) is 1.73. The molecule has 0 aromatic carbocycles. The van der Waals surface area contributed by atoms with Crippen LogP contribution in [-0.2, 0) is 10.3 Å². The van der Waals surface area contributed by atoms with Crippen molar-refractivity contribution in [3.8, 4) is 0 Å². The number of carboxylic acid groups (broad SMARTS) is 1. The second-order valence-electron chi connectivity index (χ2n) is 0.492. The van der Waals surface area contributed by atoms with Crippen molar-refractivity contribution in [2.75, 3.05) is 0 Å². The minimum atomic E-state index is -1.08. The molecule has 0 bridgehead atoms. The zero-order valence-electron chi connectivity index (χ0n) is 4.43. The van der Waals surface area contributed by atoms with E-state index in [1.807, 2.05) is 0 Å². The summed E-state index contributed by atoms with van der Waals surface area (Å²) in [5.74, 6) is -1.08. The molecule has 0 amide bonds. The van der Waals surface area contributed by atoms with E-state index in [0.29, 0.717) is 0 Å². The van der Waals surface area contributed by atoms with E-state index in [1.165, 1.54) is 0 Å². The van der Waals surface area contributed by atoms with Crippen molar-refractivity contribution in [3.05, 3.63) is 0 Å². The molecule has 32 valence electrons. The largest absolute Gasteiger partial charge is 2.00 e. The van der Waals surface area contributed by atoms with Crippen molar-refractivity contribution in [3.63, 3.8) is 0 Å². The first kappa shape index (κ1) is 23.9. The summed E-state index contributed by atoms with van der Waals surface area (Å²) in [7, 11) is 0. The molecule has 0 aliphatic heterocycles. The Balaban J connectivity index is -0.0000000150. The Morgan fingerprint density at radius 1 is 1.57 bits per heavy atom. The van der Waals surface area contributed by atoms with Crippen LogP contribution < -0.4 is 24.0 Å². The molecule has 0 aromatic rings. The van der Waals surface area contributed by atoms with E-state index in [9.17, 15) is 0 Å². The molecule has 0 aliphatic carbocycles. The van der Waals surface area contributed by atoms with Gasteiger partial charge in [-0.25, -0.2) is 0 Å². The van der Waals surface area contributed by atoms with Crippen molar-refractivity contribution in [1.82, 2.24) is 0 Å². The molecular formula is C2H3CaLiO3. The number of hydrogen-bond acceptors (Lipinski definition) is 2. The fourth-order valence-corrected chi connectivity index (χ4v) is 0. The third kappa shape index (κ3) is 123. The summed E-state index contributed by atoms with van der Waals surface area (Å²) in [6.45, 7) is 0.972. The number of carbonyl (C=O) groups is 1. The Hall–Kier alpha value is 1.29. The smallest absolute Gasteiger partial charge is 2.00 e. The van der Waals surface area contributed by atoms with Gasteiger partial charge >= 0.3 is 56.6 Å². The van der Waals surface area contributed by atoms with Crippen LogP contribution in [0, 0.1) is 0 Å². The van der Waals surface area contributed by atoms with E-state index in [1.54, 1.807) is 0 Å². The maximum Gasteiger partial charge on any atom is 2.00 e. The van der Waals surface area contributed by atoms with Crippen LogP contribution in [0.25, 0.3) is 0 Å². The third-order valence-electron chi connectivity index (χ3n) is 0. The minimum absolute atomic E-state index is 0. The van der Waals surface area contributed by atoms with Gasteiger partial charge in [-0.3, -0.25) is 0 Å². The number of carboxylic acids is 1. The number of rotatable bonds is 0. The van der Waals surface area contributed by atoms with Gasteiger partial charge in [0.1, 0.15) is 0 Å². The van der Waals surface area contributed by atoms with Gasteiger partial charge in [-0.2, -0.15) is 0 Å². The molecule has 0 N–H and O–H groups in total. The Bertz CT molecular complexity index is 35.9. The summed E-state index contributed by atoms with van der Waals surface area (Å²) < 4.78 is 0. The molecule has 0 saturated heterocycles. The Morgan fingerprint density at radius 2 is 1.57 bits per heavy atom. The maximum atomic E-state index is 8.89. The molecule has 0 saturated carbocycles. The van der Waals surface area contributed by atoms with E-state index in [-0.39, 0.29) is 62.1 Å². The van der Waals surface area contributed by atoms with E-state index >= 15 is 0 Å². The molecule has 0 heterocycles. The molecule has 0 atom stereocenters. The van der Waals surface area contributed by atoms with Crippen LogP contribution in [-0.4, -0.2) is 43.7 Å². The van der Waals surface area contributed by atoms with Crippen LogP contribution >= 0.6 is 0 Å². The van der Waals surface area contributed by atoms with Gasteiger partial charge in [-0.05, 0) is 6.92 Å². The van der Waals surface area contributed by atoms with Crippen LogP contribution in [0.3, 0.4) is 0 Å². The monoisotopic (exact) mass is 122 g/mol. The number of carbonyl (C=O) groups excluding carboxylic acids is 1. The van der Waals surface area contributed by atoms with E-state index in [0.717, 1.165) is 6.92 Å². The molecule has 7 heavy (non-hydrogen) atoms. The fourth-order valence-electron chi connectivity index (χ4n) is 0. The van der Waals surface area contributed by atoms with E-state index < -0.39 is 5.97 Å². The topological polar surface area (TPSA) is 68.6 Å². The van der Waals surface area contributed by atoms with Crippen molar-refractivity contribution in [2.24, 2.45) is 0 Å². The van der Waals surface area contributed by atoms with Gasteiger partial charge in [0.25, 0.3) is 0 Å². The van der Waals surface area contributed by atoms with Gasteiger partial charge in [-0.1, -0.05) is 0 Å². The van der Waals surface area contributed by atoms with Gasteiger partial charge in [0.2, 0.25) is 0 Å². The average molecular weight is 122 g/mol. The van der Waals surface area contributed by atoms with E-state index in [4.69, 9.17) is 9.90 Å². The van der Waals surface area contributed by atoms with Crippen molar-refractivity contribution in [2.45, 2.75) is 6.92 Å². The van der Waals surface area contributed by atoms with Crippen LogP contribution in [0.5, 0.6) is 0 Å². The maximum absolute atomic E-state index is 8.89. The van der Waals surface area contributed by atoms with Gasteiger partial charge in [-0.15, -0.1) is 0 Å². The summed E-state index contributed by atoms with van der Waals surface area (Å²) in [6, 6.07) is 0. The molecule has 0 spiro atoms. The van der Waals surface area contributed by atoms with E-state index in [2.05, 4.69) is 0 Å². The molecule has 0 fully saturated rings. The van der Waals surface area contributed by atoms with Crippen molar-refractivity contribution in [1.29, 1.82) is 0 Å². The molecule has 0 aliphatic rings. The third-order valence-corrected chi connectivity index (χ3v) is 0. The van der Waals surface area contributed by atoms with Gasteiger partial charge < -0.3 is 15.4 Å². The molecular weight excluding hydrogens is 119 g/mol. The van der Waals surface area contributed by atoms with Gasteiger partial charge in [0.05, 0.1) is 0 Å². The zero-order chi connectivity index (χ0) is 3.58. The summed E-state index contributed by atoms with van der Waals surface area (Å²) in [5, 5.41) is 8.89. The molecule has 0 aromatic heterocycles. The zero-order valence-corrected chi connectivity index (χ0v) is 6.64. The normalized spacial score (nSPS) is 3.57. The second-order valence-corrected chi connectivity index (χ2v) is 0.492. The number of aliphatic carboxylic acids is 1. The first-order valence-corrected chi connectivity index (χ1v) is 0.908. The first-order valence-electron chi connectivity index (χ1n) is 0.908.